The number of aliphatic carboxylic acids is 4. The summed E-state index contributed by atoms with van der Waals surface area (Å²) in [5, 5.41) is 57.4. The van der Waals surface area contributed by atoms with Gasteiger partial charge in [0.25, 0.3) is 23.9 Å². The molecule has 1 aliphatic heterocycles. The zero-order chi connectivity index (χ0) is 25.9. The number of carboxylic acids is 4. The molecule has 0 bridgehead atoms. The Morgan fingerprint density at radius 2 is 1.06 bits per heavy atom. The van der Waals surface area contributed by atoms with E-state index >= 15 is 0 Å². The Bertz CT molecular complexity index is 486. The molecule has 15 nitrogen and oxygen atoms in total. The molecule has 0 aromatic carbocycles. The Kier molecular flexibility index (Phi) is 23.4. The lowest BCUT2D eigenvalue weighted by molar-refractivity contribution is -0.258. The first-order chi connectivity index (χ1) is 13.9. The SMILES string of the molecule is CC(=O)O.CC(=O)O.CC(=O)O.CC(=O)O.CC(=O)O[C@@H]1O[C@H](CO)[C@@H](O)[C@H](O)[C@H]1N. The predicted octanol–water partition coefficient (Wildman–Crippen LogP) is -2.32. The van der Waals surface area contributed by atoms with E-state index in [9.17, 15) is 15.0 Å². The summed E-state index contributed by atoms with van der Waals surface area (Å²) >= 11 is 0. The van der Waals surface area contributed by atoms with E-state index in [1.807, 2.05) is 0 Å². The fraction of sp³-hybridized carbons (Fsp3) is 0.688. The number of hydrogen-bond acceptors (Lipinski definition) is 11. The van der Waals surface area contributed by atoms with Crippen molar-refractivity contribution in [1.82, 2.24) is 0 Å². The Labute approximate surface area is 177 Å². The molecule has 0 amide bonds. The topological polar surface area (TPSA) is 271 Å². The van der Waals surface area contributed by atoms with Gasteiger partial charge in [-0.15, -0.1) is 0 Å². The molecule has 0 aliphatic carbocycles. The lowest BCUT2D eigenvalue weighted by Crippen LogP contribution is -2.62. The van der Waals surface area contributed by atoms with E-state index in [1.165, 1.54) is 6.92 Å². The van der Waals surface area contributed by atoms with Crippen LogP contribution in [0.3, 0.4) is 0 Å². The van der Waals surface area contributed by atoms with E-state index in [4.69, 9.17) is 55.2 Å². The molecule has 0 aromatic heterocycles. The first kappa shape index (κ1) is 35.6. The highest BCUT2D eigenvalue weighted by atomic mass is 16.7. The second-order valence-corrected chi connectivity index (χ2v) is 5.47. The average molecular weight is 461 g/mol. The Morgan fingerprint density at radius 1 is 0.774 bits per heavy atom. The van der Waals surface area contributed by atoms with E-state index in [2.05, 4.69) is 4.74 Å². The van der Waals surface area contributed by atoms with Crippen molar-refractivity contribution in [3.8, 4) is 0 Å². The van der Waals surface area contributed by atoms with Crippen molar-refractivity contribution in [2.24, 2.45) is 5.73 Å². The third kappa shape index (κ3) is 32.0. The molecule has 31 heavy (non-hydrogen) atoms. The van der Waals surface area contributed by atoms with Gasteiger partial charge in [0.1, 0.15) is 18.3 Å². The van der Waals surface area contributed by atoms with Gasteiger partial charge in [0.05, 0.1) is 12.6 Å². The van der Waals surface area contributed by atoms with Gasteiger partial charge in [0, 0.05) is 34.6 Å². The lowest BCUT2D eigenvalue weighted by Gasteiger charge is -2.39. The number of aliphatic hydroxyl groups excluding tert-OH is 3. The summed E-state index contributed by atoms with van der Waals surface area (Å²) in [6.45, 7) is 5.00. The molecule has 1 aliphatic rings. The lowest BCUT2D eigenvalue weighted by atomic mass is 9.98. The van der Waals surface area contributed by atoms with Crippen LogP contribution in [0, 0.1) is 0 Å². The first-order valence-corrected chi connectivity index (χ1v) is 8.23. The van der Waals surface area contributed by atoms with Crippen LogP contribution in [0.5, 0.6) is 0 Å². The fourth-order valence-electron chi connectivity index (χ4n) is 1.37. The molecule has 0 spiro atoms. The summed E-state index contributed by atoms with van der Waals surface area (Å²) in [6, 6.07) is -1.04. The van der Waals surface area contributed by atoms with Gasteiger partial charge in [0.15, 0.2) is 0 Å². The Balaban J connectivity index is -0.000000187. The number of rotatable bonds is 2. The highest BCUT2D eigenvalue weighted by molar-refractivity contribution is 5.66. The quantitative estimate of drug-likeness (QED) is 0.200. The van der Waals surface area contributed by atoms with Crippen LogP contribution in [-0.4, -0.2) is 103 Å². The van der Waals surface area contributed by atoms with E-state index in [1.54, 1.807) is 0 Å². The molecule has 0 saturated carbocycles. The summed E-state index contributed by atoms with van der Waals surface area (Å²) < 4.78 is 9.70. The molecular formula is C16H31NO14. The number of ether oxygens (including phenoxy) is 2. The third-order valence-corrected chi connectivity index (χ3v) is 2.21. The average Bonchev–Trinajstić information content (AvgIpc) is 2.53. The maximum atomic E-state index is 10.7. The van der Waals surface area contributed by atoms with Crippen LogP contribution in [0.1, 0.15) is 34.6 Å². The van der Waals surface area contributed by atoms with Crippen LogP contribution in [0.4, 0.5) is 0 Å². The zero-order valence-corrected chi connectivity index (χ0v) is 17.7. The van der Waals surface area contributed by atoms with E-state index < -0.39 is 67.1 Å². The molecule has 0 radical (unpaired) electrons. The number of hydrogen-bond donors (Lipinski definition) is 8. The van der Waals surface area contributed by atoms with Gasteiger partial charge in [-0.3, -0.25) is 24.0 Å². The Morgan fingerprint density at radius 3 is 1.29 bits per heavy atom. The molecule has 1 saturated heterocycles. The van der Waals surface area contributed by atoms with Crippen molar-refractivity contribution in [3.05, 3.63) is 0 Å². The number of aliphatic hydroxyl groups is 3. The van der Waals surface area contributed by atoms with Crippen LogP contribution >= 0.6 is 0 Å². The summed E-state index contributed by atoms with van der Waals surface area (Å²) in [4.78, 5) is 46.7. The second-order valence-electron chi connectivity index (χ2n) is 5.47. The van der Waals surface area contributed by atoms with Crippen molar-refractivity contribution < 1.29 is 69.2 Å². The molecule has 1 heterocycles. The van der Waals surface area contributed by atoms with Gasteiger partial charge in [-0.25, -0.2) is 0 Å². The molecule has 184 valence electrons. The van der Waals surface area contributed by atoms with Crippen molar-refractivity contribution in [2.45, 2.75) is 65.3 Å². The number of carbonyl (C=O) groups is 5. The van der Waals surface area contributed by atoms with Crippen molar-refractivity contribution in [1.29, 1.82) is 0 Å². The predicted molar refractivity (Wildman–Crippen MR) is 101 cm³/mol. The van der Waals surface area contributed by atoms with Crippen LogP contribution in [0.15, 0.2) is 0 Å². The van der Waals surface area contributed by atoms with Crippen molar-refractivity contribution >= 4 is 29.8 Å². The maximum absolute atomic E-state index is 10.7. The maximum Gasteiger partial charge on any atom is 0.304 e. The third-order valence-electron chi connectivity index (χ3n) is 2.21. The van der Waals surface area contributed by atoms with E-state index in [0.29, 0.717) is 0 Å². The van der Waals surface area contributed by atoms with Crippen LogP contribution in [0.25, 0.3) is 0 Å². The van der Waals surface area contributed by atoms with Gasteiger partial charge >= 0.3 is 5.97 Å². The highest BCUT2D eigenvalue weighted by Crippen LogP contribution is 2.20. The molecular weight excluding hydrogens is 430 g/mol. The summed E-state index contributed by atoms with van der Waals surface area (Å²) in [6.07, 6.45) is -4.76. The van der Waals surface area contributed by atoms with Crippen LogP contribution < -0.4 is 5.73 Å². The van der Waals surface area contributed by atoms with Gasteiger partial charge in [-0.05, 0) is 0 Å². The molecule has 0 aromatic rings. The van der Waals surface area contributed by atoms with Gasteiger partial charge in [-0.2, -0.15) is 0 Å². The fourth-order valence-corrected chi connectivity index (χ4v) is 1.37. The minimum absolute atomic E-state index is 0.497. The standard InChI is InChI=1S/C8H15NO6.4C2H4O2/c1-3(11)14-8-5(9)7(13)6(12)4(2-10)15-8;4*1-2(3)4/h4-8,10,12-13H,2,9H2,1H3;4*1H3,(H,3,4)/t4-,5-,6-,7-,8-;;;;/m1..../s1. The largest absolute Gasteiger partial charge is 0.481 e. The highest BCUT2D eigenvalue weighted by Gasteiger charge is 2.43. The van der Waals surface area contributed by atoms with Gasteiger partial charge in [0.2, 0.25) is 6.29 Å². The summed E-state index contributed by atoms with van der Waals surface area (Å²) in [5.74, 6) is -3.95. The normalized spacial score (nSPS) is 23.2. The number of carbonyl (C=O) groups excluding carboxylic acids is 1. The molecule has 1 fully saturated rings. The van der Waals surface area contributed by atoms with Crippen molar-refractivity contribution in [2.75, 3.05) is 6.61 Å². The number of nitrogens with two attached hydrogens (primary N) is 1. The minimum atomic E-state index is -1.31. The van der Waals surface area contributed by atoms with Crippen LogP contribution in [0.2, 0.25) is 0 Å². The summed E-state index contributed by atoms with van der Waals surface area (Å²) in [5.41, 5.74) is 5.48. The molecule has 0 unspecified atom stereocenters. The van der Waals surface area contributed by atoms with Gasteiger partial charge in [-0.1, -0.05) is 0 Å². The first-order valence-electron chi connectivity index (χ1n) is 8.23. The van der Waals surface area contributed by atoms with Gasteiger partial charge < -0.3 is 51.0 Å². The van der Waals surface area contributed by atoms with E-state index in [-0.39, 0.29) is 0 Å². The monoisotopic (exact) mass is 461 g/mol. The summed E-state index contributed by atoms with van der Waals surface area (Å²) in [7, 11) is 0. The van der Waals surface area contributed by atoms with Crippen molar-refractivity contribution in [3.63, 3.8) is 0 Å². The second kappa shape index (κ2) is 20.4. The van der Waals surface area contributed by atoms with E-state index in [0.717, 1.165) is 27.7 Å². The zero-order valence-electron chi connectivity index (χ0n) is 17.7. The molecule has 5 atom stereocenters. The smallest absolute Gasteiger partial charge is 0.304 e. The molecule has 1 rings (SSSR count). The molecule has 15 heteroatoms. The Hall–Kier alpha value is -2.85. The van der Waals surface area contributed by atoms with Crippen LogP contribution in [-0.2, 0) is 33.4 Å². The molecule has 9 N–H and O–H groups in total. The number of carboxylic acid groups (broad SMARTS) is 4. The minimum Gasteiger partial charge on any atom is -0.481 e. The number of esters is 1.